The molecule has 1 fully saturated rings. The predicted molar refractivity (Wildman–Crippen MR) is 116 cm³/mol. The standard InChI is InChI=1S/C23H32N4O3/c1-2-3-11-24-21(28)18-26-12-14-27(15-13-26)22(29)17-25-23(20-10-7-16-30-20)19-8-5-4-6-9-19/h4-10,16,23,25H,2-3,11-15,17-18H2,1H3,(H,24,28)/t23-/m1/s1. The number of unbranched alkanes of at least 4 members (excludes halogenated alkanes) is 1. The number of hydrogen-bond acceptors (Lipinski definition) is 5. The Hall–Kier alpha value is -2.64. The van der Waals surface area contributed by atoms with Crippen LogP contribution in [-0.2, 0) is 9.59 Å². The van der Waals surface area contributed by atoms with Gasteiger partial charge in [0.05, 0.1) is 25.4 Å². The number of furan rings is 1. The van der Waals surface area contributed by atoms with Gasteiger partial charge in [0, 0.05) is 32.7 Å². The van der Waals surface area contributed by atoms with Gasteiger partial charge in [-0.25, -0.2) is 0 Å². The molecule has 0 spiro atoms. The van der Waals surface area contributed by atoms with Crippen molar-refractivity contribution in [1.82, 2.24) is 20.4 Å². The number of benzene rings is 1. The molecule has 1 atom stereocenters. The number of hydrogen-bond donors (Lipinski definition) is 2. The lowest BCUT2D eigenvalue weighted by molar-refractivity contribution is -0.132. The molecule has 1 aromatic heterocycles. The molecule has 3 rings (SSSR count). The molecule has 2 aromatic rings. The molecule has 1 aliphatic heterocycles. The molecule has 1 aliphatic rings. The van der Waals surface area contributed by atoms with Crippen molar-refractivity contribution in [2.24, 2.45) is 0 Å². The maximum absolute atomic E-state index is 12.7. The molecule has 0 radical (unpaired) electrons. The van der Waals surface area contributed by atoms with Crippen LogP contribution in [-0.4, -0.2) is 67.4 Å². The Morgan fingerprint density at radius 1 is 1.07 bits per heavy atom. The number of amides is 2. The Labute approximate surface area is 178 Å². The Balaban J connectivity index is 1.45. The van der Waals surface area contributed by atoms with Crippen molar-refractivity contribution in [3.63, 3.8) is 0 Å². The van der Waals surface area contributed by atoms with E-state index in [1.54, 1.807) is 6.26 Å². The van der Waals surface area contributed by atoms with Gasteiger partial charge in [-0.05, 0) is 24.1 Å². The summed E-state index contributed by atoms with van der Waals surface area (Å²) in [5.41, 5.74) is 1.05. The molecule has 0 saturated carbocycles. The van der Waals surface area contributed by atoms with Gasteiger partial charge >= 0.3 is 0 Å². The molecule has 0 aliphatic carbocycles. The fourth-order valence-electron chi connectivity index (χ4n) is 3.60. The highest BCUT2D eigenvalue weighted by atomic mass is 16.3. The van der Waals surface area contributed by atoms with Gasteiger partial charge in [0.1, 0.15) is 5.76 Å². The zero-order valence-corrected chi connectivity index (χ0v) is 17.7. The maximum Gasteiger partial charge on any atom is 0.236 e. The lowest BCUT2D eigenvalue weighted by Gasteiger charge is -2.34. The summed E-state index contributed by atoms with van der Waals surface area (Å²) in [5.74, 6) is 0.913. The van der Waals surface area contributed by atoms with Crippen LogP contribution in [0.5, 0.6) is 0 Å². The number of carbonyl (C=O) groups excluding carboxylic acids is 2. The van der Waals surface area contributed by atoms with Crippen molar-refractivity contribution in [2.45, 2.75) is 25.8 Å². The summed E-state index contributed by atoms with van der Waals surface area (Å²) in [6.07, 6.45) is 3.72. The Bertz CT molecular complexity index is 771. The molecule has 1 aromatic carbocycles. The molecule has 7 heteroatoms. The first-order chi connectivity index (χ1) is 14.7. The van der Waals surface area contributed by atoms with Crippen LogP contribution in [0.3, 0.4) is 0 Å². The summed E-state index contributed by atoms with van der Waals surface area (Å²) in [7, 11) is 0. The van der Waals surface area contributed by atoms with Crippen molar-refractivity contribution in [2.75, 3.05) is 45.8 Å². The van der Waals surface area contributed by atoms with E-state index in [1.165, 1.54) is 0 Å². The Morgan fingerprint density at radius 3 is 2.50 bits per heavy atom. The first kappa shape index (κ1) is 22.1. The van der Waals surface area contributed by atoms with Crippen molar-refractivity contribution >= 4 is 11.8 Å². The number of rotatable bonds is 10. The summed E-state index contributed by atoms with van der Waals surface area (Å²) in [6, 6.07) is 13.6. The third-order valence-corrected chi connectivity index (χ3v) is 5.36. The van der Waals surface area contributed by atoms with E-state index in [2.05, 4.69) is 22.5 Å². The normalized spacial score (nSPS) is 15.7. The van der Waals surface area contributed by atoms with Crippen molar-refractivity contribution < 1.29 is 14.0 Å². The van der Waals surface area contributed by atoms with E-state index < -0.39 is 0 Å². The van der Waals surface area contributed by atoms with E-state index in [0.717, 1.165) is 30.7 Å². The van der Waals surface area contributed by atoms with Crippen LogP contribution in [0.1, 0.15) is 37.1 Å². The Morgan fingerprint density at radius 2 is 1.83 bits per heavy atom. The van der Waals surface area contributed by atoms with Crippen molar-refractivity contribution in [3.05, 3.63) is 60.1 Å². The average molecular weight is 413 g/mol. The summed E-state index contributed by atoms with van der Waals surface area (Å²) in [4.78, 5) is 28.7. The molecule has 1 saturated heterocycles. The van der Waals surface area contributed by atoms with Gasteiger partial charge in [0.15, 0.2) is 0 Å². The molecule has 162 valence electrons. The molecule has 2 N–H and O–H groups in total. The smallest absolute Gasteiger partial charge is 0.236 e. The summed E-state index contributed by atoms with van der Waals surface area (Å²) in [5, 5.41) is 6.29. The second-order valence-corrected chi connectivity index (χ2v) is 7.60. The second kappa shape index (κ2) is 11.5. The topological polar surface area (TPSA) is 77.8 Å². The lowest BCUT2D eigenvalue weighted by Crippen LogP contribution is -2.52. The quantitative estimate of drug-likeness (QED) is 0.584. The van der Waals surface area contributed by atoms with E-state index in [0.29, 0.717) is 32.7 Å². The van der Waals surface area contributed by atoms with E-state index in [1.807, 2.05) is 47.4 Å². The minimum absolute atomic E-state index is 0.0639. The first-order valence-electron chi connectivity index (χ1n) is 10.8. The fraction of sp³-hybridized carbons (Fsp3) is 0.478. The fourth-order valence-corrected chi connectivity index (χ4v) is 3.60. The third-order valence-electron chi connectivity index (χ3n) is 5.36. The van der Waals surface area contributed by atoms with Crippen molar-refractivity contribution in [3.8, 4) is 0 Å². The minimum Gasteiger partial charge on any atom is -0.467 e. The molecular weight excluding hydrogens is 380 g/mol. The van der Waals surface area contributed by atoms with Gasteiger partial charge in [-0.1, -0.05) is 43.7 Å². The molecule has 2 heterocycles. The zero-order chi connectivity index (χ0) is 21.2. The second-order valence-electron chi connectivity index (χ2n) is 7.60. The first-order valence-corrected chi connectivity index (χ1v) is 10.8. The zero-order valence-electron chi connectivity index (χ0n) is 17.7. The minimum atomic E-state index is -0.168. The summed E-state index contributed by atoms with van der Waals surface area (Å²) >= 11 is 0. The molecule has 30 heavy (non-hydrogen) atoms. The summed E-state index contributed by atoms with van der Waals surface area (Å²) < 4.78 is 5.58. The van der Waals surface area contributed by atoms with Crippen LogP contribution in [0, 0.1) is 0 Å². The molecule has 7 nitrogen and oxygen atoms in total. The number of nitrogens with zero attached hydrogens (tertiary/aromatic N) is 2. The molecule has 2 amide bonds. The van der Waals surface area contributed by atoms with Gasteiger partial charge in [0.2, 0.25) is 11.8 Å². The summed E-state index contributed by atoms with van der Waals surface area (Å²) in [6.45, 7) is 6.18. The van der Waals surface area contributed by atoms with Crippen LogP contribution in [0.4, 0.5) is 0 Å². The van der Waals surface area contributed by atoms with Crippen LogP contribution in [0.2, 0.25) is 0 Å². The highest BCUT2D eigenvalue weighted by Gasteiger charge is 2.24. The molecule has 0 unspecified atom stereocenters. The molecular formula is C23H32N4O3. The predicted octanol–water partition coefficient (Wildman–Crippen LogP) is 2.02. The highest BCUT2D eigenvalue weighted by molar-refractivity contribution is 5.79. The van der Waals surface area contributed by atoms with Crippen LogP contribution < -0.4 is 10.6 Å². The van der Waals surface area contributed by atoms with E-state index in [-0.39, 0.29) is 24.4 Å². The van der Waals surface area contributed by atoms with Gasteiger partial charge in [-0.3, -0.25) is 19.8 Å². The van der Waals surface area contributed by atoms with Crippen LogP contribution in [0.25, 0.3) is 0 Å². The number of piperazine rings is 1. The lowest BCUT2D eigenvalue weighted by atomic mass is 10.0. The van der Waals surface area contributed by atoms with Crippen molar-refractivity contribution in [1.29, 1.82) is 0 Å². The highest BCUT2D eigenvalue weighted by Crippen LogP contribution is 2.22. The van der Waals surface area contributed by atoms with E-state index in [9.17, 15) is 9.59 Å². The van der Waals surface area contributed by atoms with Gasteiger partial charge in [-0.2, -0.15) is 0 Å². The Kier molecular flexibility index (Phi) is 8.47. The maximum atomic E-state index is 12.7. The van der Waals surface area contributed by atoms with E-state index in [4.69, 9.17) is 4.42 Å². The van der Waals surface area contributed by atoms with Gasteiger partial charge in [0.25, 0.3) is 0 Å². The van der Waals surface area contributed by atoms with E-state index >= 15 is 0 Å². The SMILES string of the molecule is CCCCNC(=O)CN1CCN(C(=O)CN[C@H](c2ccccc2)c2ccco2)CC1. The average Bonchev–Trinajstić information content (AvgIpc) is 3.30. The van der Waals surface area contributed by atoms with Crippen LogP contribution in [0.15, 0.2) is 53.1 Å². The molecule has 0 bridgehead atoms. The third kappa shape index (κ3) is 6.43. The van der Waals surface area contributed by atoms with Gasteiger partial charge < -0.3 is 14.6 Å². The van der Waals surface area contributed by atoms with Crippen LogP contribution >= 0.6 is 0 Å². The van der Waals surface area contributed by atoms with Gasteiger partial charge in [-0.15, -0.1) is 0 Å². The number of nitrogens with one attached hydrogen (secondary N) is 2. The monoisotopic (exact) mass is 412 g/mol. The number of carbonyl (C=O) groups is 2. The largest absolute Gasteiger partial charge is 0.467 e.